The van der Waals surface area contributed by atoms with Crippen molar-refractivity contribution >= 4 is 16.9 Å². The third kappa shape index (κ3) is 4.17. The Kier molecular flexibility index (Phi) is 5.41. The van der Waals surface area contributed by atoms with Gasteiger partial charge in [-0.05, 0) is 94.4 Å². The Balaban J connectivity index is 1.21. The Bertz CT molecular complexity index is 940. The fourth-order valence-electron chi connectivity index (χ4n) is 5.91. The molecule has 6 rings (SSSR count). The highest BCUT2D eigenvalue weighted by atomic mass is 16.5. The maximum absolute atomic E-state index is 11.6. The summed E-state index contributed by atoms with van der Waals surface area (Å²) in [5.74, 6) is 1.18. The molecular formula is C26H34N2O3. The molecule has 166 valence electrons. The lowest BCUT2D eigenvalue weighted by Gasteiger charge is -2.51. The zero-order valence-electron chi connectivity index (χ0n) is 18.5. The molecule has 4 aliphatic carbocycles. The second-order valence-electron chi connectivity index (χ2n) is 10.4. The summed E-state index contributed by atoms with van der Waals surface area (Å²) in [4.78, 5) is 16.5. The third-order valence-corrected chi connectivity index (χ3v) is 8.33. The Morgan fingerprint density at radius 3 is 2.45 bits per heavy atom. The summed E-state index contributed by atoms with van der Waals surface area (Å²) in [5.41, 5.74) is 1.67. The van der Waals surface area contributed by atoms with Crippen LogP contribution in [-0.4, -0.2) is 27.7 Å². The van der Waals surface area contributed by atoms with Gasteiger partial charge in [-0.3, -0.25) is 9.78 Å². The van der Waals surface area contributed by atoms with Crippen LogP contribution >= 0.6 is 0 Å². The number of ether oxygens (including phenoxy) is 1. The van der Waals surface area contributed by atoms with E-state index in [0.717, 1.165) is 86.2 Å². The third-order valence-electron chi connectivity index (χ3n) is 8.33. The molecule has 1 aromatic carbocycles. The van der Waals surface area contributed by atoms with Crippen LogP contribution in [0.2, 0.25) is 0 Å². The molecule has 2 N–H and O–H groups in total. The van der Waals surface area contributed by atoms with Gasteiger partial charge in [0.2, 0.25) is 0 Å². The van der Waals surface area contributed by atoms with Gasteiger partial charge in [0.1, 0.15) is 5.75 Å². The monoisotopic (exact) mass is 422 g/mol. The van der Waals surface area contributed by atoms with E-state index in [1.54, 1.807) is 0 Å². The van der Waals surface area contributed by atoms with Crippen molar-refractivity contribution in [2.45, 2.75) is 89.3 Å². The molecule has 5 heteroatoms. The zero-order valence-corrected chi connectivity index (χ0v) is 18.5. The van der Waals surface area contributed by atoms with Crippen molar-refractivity contribution in [2.75, 3.05) is 0 Å². The van der Waals surface area contributed by atoms with E-state index in [2.05, 4.69) is 42.6 Å². The Morgan fingerprint density at radius 1 is 1.06 bits per heavy atom. The van der Waals surface area contributed by atoms with Crippen molar-refractivity contribution in [1.29, 1.82) is 0 Å². The van der Waals surface area contributed by atoms with Gasteiger partial charge < -0.3 is 15.2 Å². The number of rotatable bonds is 6. The van der Waals surface area contributed by atoms with E-state index in [9.17, 15) is 9.90 Å². The van der Waals surface area contributed by atoms with E-state index < -0.39 is 11.4 Å². The molecule has 0 atom stereocenters. The lowest BCUT2D eigenvalue weighted by Crippen LogP contribution is -2.56. The lowest BCUT2D eigenvalue weighted by molar-refractivity contribution is -0.156. The maximum Gasteiger partial charge on any atom is 0.309 e. The maximum atomic E-state index is 11.6. The standard InChI is InChI=1S/C26H34N2O3/c1-18-2-6-21(7-3-18)31-22-8-9-23-19(16-22)4-5-20(28-23)17-27-26-13-10-25(11-14-26,12-15-26)24(29)30/h4-5,8-9,16,18,21,27H,2-3,6-7,10-15,17H2,1H3,(H,29,30)/t18-,21+,25?,26?. The minimum absolute atomic E-state index is 0.0863. The molecule has 4 fully saturated rings. The molecular weight excluding hydrogens is 388 g/mol. The molecule has 4 saturated carbocycles. The zero-order chi connectivity index (χ0) is 21.5. The topological polar surface area (TPSA) is 71.5 Å². The number of nitrogens with zero attached hydrogens (tertiary/aromatic N) is 1. The quantitative estimate of drug-likeness (QED) is 0.647. The Morgan fingerprint density at radius 2 is 1.77 bits per heavy atom. The van der Waals surface area contributed by atoms with Crippen molar-refractivity contribution in [3.63, 3.8) is 0 Å². The summed E-state index contributed by atoms with van der Waals surface area (Å²) in [6.07, 6.45) is 10.4. The smallest absolute Gasteiger partial charge is 0.309 e. The average molecular weight is 423 g/mol. The van der Waals surface area contributed by atoms with Crippen molar-refractivity contribution in [3.8, 4) is 5.75 Å². The number of carboxylic acids is 1. The molecule has 2 bridgehead atoms. The predicted octanol–water partition coefficient (Wildman–Crippen LogP) is 5.46. The van der Waals surface area contributed by atoms with Gasteiger partial charge in [-0.25, -0.2) is 0 Å². The molecule has 0 amide bonds. The number of nitrogens with one attached hydrogen (secondary N) is 1. The number of carboxylic acid groups (broad SMARTS) is 1. The number of hydrogen-bond donors (Lipinski definition) is 2. The summed E-state index contributed by atoms with van der Waals surface area (Å²) in [6.45, 7) is 3.06. The SMILES string of the molecule is C[C@H]1CC[C@@H](Oc2ccc3nc(CNC45CCC(C(=O)O)(CC4)CC5)ccc3c2)CC1. The largest absolute Gasteiger partial charge is 0.490 e. The molecule has 0 saturated heterocycles. The summed E-state index contributed by atoms with van der Waals surface area (Å²) in [6, 6.07) is 10.5. The summed E-state index contributed by atoms with van der Waals surface area (Å²) >= 11 is 0. The van der Waals surface area contributed by atoms with Gasteiger partial charge in [-0.15, -0.1) is 0 Å². The normalized spacial score (nSPS) is 32.8. The first-order chi connectivity index (χ1) is 15.0. The van der Waals surface area contributed by atoms with E-state index in [0.29, 0.717) is 6.10 Å². The number of aliphatic carboxylic acids is 1. The van der Waals surface area contributed by atoms with Gasteiger partial charge in [-0.2, -0.15) is 0 Å². The van der Waals surface area contributed by atoms with Crippen molar-refractivity contribution < 1.29 is 14.6 Å². The highest BCUT2D eigenvalue weighted by Crippen LogP contribution is 2.52. The van der Waals surface area contributed by atoms with Gasteiger partial charge in [-0.1, -0.05) is 13.0 Å². The van der Waals surface area contributed by atoms with Crippen molar-refractivity contribution in [1.82, 2.24) is 10.3 Å². The number of fused-ring (bicyclic) bond motifs is 4. The van der Waals surface area contributed by atoms with Crippen LogP contribution in [0.1, 0.15) is 76.8 Å². The molecule has 0 radical (unpaired) electrons. The predicted molar refractivity (Wildman–Crippen MR) is 121 cm³/mol. The summed E-state index contributed by atoms with van der Waals surface area (Å²) < 4.78 is 6.24. The van der Waals surface area contributed by atoms with Crippen molar-refractivity contribution in [3.05, 3.63) is 36.0 Å². The minimum atomic E-state index is -0.599. The van der Waals surface area contributed by atoms with Gasteiger partial charge in [0.05, 0.1) is 22.7 Å². The van der Waals surface area contributed by atoms with E-state index in [4.69, 9.17) is 9.72 Å². The first kappa shape index (κ1) is 20.7. The first-order valence-electron chi connectivity index (χ1n) is 12.0. The minimum Gasteiger partial charge on any atom is -0.490 e. The fourth-order valence-corrected chi connectivity index (χ4v) is 5.91. The van der Waals surface area contributed by atoms with Crippen LogP contribution in [0.25, 0.3) is 10.9 Å². The lowest BCUT2D eigenvalue weighted by atomic mass is 9.57. The molecule has 5 nitrogen and oxygen atoms in total. The number of aromatic nitrogens is 1. The van der Waals surface area contributed by atoms with Crippen LogP contribution in [0.4, 0.5) is 0 Å². The second kappa shape index (κ2) is 8.09. The molecule has 0 unspecified atom stereocenters. The first-order valence-corrected chi connectivity index (χ1v) is 12.0. The highest BCUT2D eigenvalue weighted by molar-refractivity contribution is 5.80. The number of benzene rings is 1. The molecule has 1 aromatic heterocycles. The summed E-state index contributed by atoms with van der Waals surface area (Å²) in [7, 11) is 0. The summed E-state index contributed by atoms with van der Waals surface area (Å²) in [5, 5.41) is 14.5. The molecule has 31 heavy (non-hydrogen) atoms. The fraction of sp³-hybridized carbons (Fsp3) is 0.615. The van der Waals surface area contributed by atoms with Crippen LogP contribution in [-0.2, 0) is 11.3 Å². The van der Waals surface area contributed by atoms with Gasteiger partial charge in [0.25, 0.3) is 0 Å². The van der Waals surface area contributed by atoms with E-state index in [1.165, 1.54) is 12.8 Å². The van der Waals surface area contributed by atoms with Crippen molar-refractivity contribution in [2.24, 2.45) is 11.3 Å². The molecule has 0 aliphatic heterocycles. The van der Waals surface area contributed by atoms with Crippen LogP contribution in [0.15, 0.2) is 30.3 Å². The number of hydrogen-bond acceptors (Lipinski definition) is 4. The number of carbonyl (C=O) groups is 1. The highest BCUT2D eigenvalue weighted by Gasteiger charge is 2.52. The van der Waals surface area contributed by atoms with E-state index >= 15 is 0 Å². The Labute approximate surface area is 184 Å². The molecule has 2 aromatic rings. The van der Waals surface area contributed by atoms with Gasteiger partial charge in [0.15, 0.2) is 0 Å². The number of pyridine rings is 1. The van der Waals surface area contributed by atoms with Crippen LogP contribution in [0.3, 0.4) is 0 Å². The second-order valence-corrected chi connectivity index (χ2v) is 10.4. The molecule has 4 aliphatic rings. The van der Waals surface area contributed by atoms with E-state index in [-0.39, 0.29) is 5.54 Å². The molecule has 1 heterocycles. The van der Waals surface area contributed by atoms with E-state index in [1.807, 2.05) is 0 Å². The average Bonchev–Trinajstić information content (AvgIpc) is 2.80. The van der Waals surface area contributed by atoms with Crippen LogP contribution in [0.5, 0.6) is 5.75 Å². The van der Waals surface area contributed by atoms with Crippen LogP contribution < -0.4 is 10.1 Å². The molecule has 0 spiro atoms. The Hall–Kier alpha value is -2.14. The van der Waals surface area contributed by atoms with Gasteiger partial charge >= 0.3 is 5.97 Å². The van der Waals surface area contributed by atoms with Crippen LogP contribution in [0, 0.1) is 11.3 Å². The van der Waals surface area contributed by atoms with Gasteiger partial charge in [0, 0.05) is 17.5 Å².